The zero-order valence-corrected chi connectivity index (χ0v) is 10.8. The second kappa shape index (κ2) is 5.97. The highest BCUT2D eigenvalue weighted by atomic mass is 16.3. The van der Waals surface area contributed by atoms with Gasteiger partial charge < -0.3 is 21.3 Å². The van der Waals surface area contributed by atoms with Crippen LogP contribution < -0.4 is 11.1 Å². The molecule has 0 unspecified atom stereocenters. The largest absolute Gasteiger partial charge is 0.508 e. The first-order valence-corrected chi connectivity index (χ1v) is 6.21. The standard InChI is InChI=1S/C15H16N2O3/c16-11-3-1-10(2-4-11)7-8-17-15(20)13-9-12(18)5-6-14(13)19/h1-6,9,18-19H,7-8,16H2,(H,17,20). The van der Waals surface area contributed by atoms with Crippen LogP contribution in [-0.4, -0.2) is 22.7 Å². The number of nitrogens with two attached hydrogens (primary N) is 1. The van der Waals surface area contributed by atoms with E-state index in [0.29, 0.717) is 18.7 Å². The fraction of sp³-hybridized carbons (Fsp3) is 0.133. The summed E-state index contributed by atoms with van der Waals surface area (Å²) >= 11 is 0. The van der Waals surface area contributed by atoms with Crippen LogP contribution in [0.4, 0.5) is 5.69 Å². The van der Waals surface area contributed by atoms with Crippen LogP contribution >= 0.6 is 0 Å². The predicted molar refractivity (Wildman–Crippen MR) is 76.7 cm³/mol. The van der Waals surface area contributed by atoms with E-state index < -0.39 is 5.91 Å². The van der Waals surface area contributed by atoms with Gasteiger partial charge in [0.15, 0.2) is 0 Å². The number of phenols is 2. The lowest BCUT2D eigenvalue weighted by Crippen LogP contribution is -2.25. The Bertz CT molecular complexity index is 609. The molecule has 0 fully saturated rings. The molecule has 5 nitrogen and oxygen atoms in total. The van der Waals surface area contributed by atoms with Gasteiger partial charge in [-0.2, -0.15) is 0 Å². The smallest absolute Gasteiger partial charge is 0.255 e. The third-order valence-corrected chi connectivity index (χ3v) is 2.90. The van der Waals surface area contributed by atoms with Gasteiger partial charge in [-0.3, -0.25) is 4.79 Å². The zero-order chi connectivity index (χ0) is 14.5. The SMILES string of the molecule is Nc1ccc(CCNC(=O)c2cc(O)ccc2O)cc1. The van der Waals surface area contributed by atoms with E-state index >= 15 is 0 Å². The Morgan fingerprint density at radius 3 is 2.50 bits per heavy atom. The molecule has 20 heavy (non-hydrogen) atoms. The molecule has 2 rings (SSSR count). The Kier molecular flexibility index (Phi) is 4.10. The molecule has 0 saturated heterocycles. The molecule has 0 saturated carbocycles. The van der Waals surface area contributed by atoms with Crippen molar-refractivity contribution in [3.05, 3.63) is 53.6 Å². The second-order valence-corrected chi connectivity index (χ2v) is 4.45. The summed E-state index contributed by atoms with van der Waals surface area (Å²) in [5.74, 6) is -0.645. The molecule has 0 aliphatic rings. The number of hydrogen-bond donors (Lipinski definition) is 4. The lowest BCUT2D eigenvalue weighted by Gasteiger charge is -2.07. The van der Waals surface area contributed by atoms with Crippen LogP contribution in [0.5, 0.6) is 11.5 Å². The van der Waals surface area contributed by atoms with Gasteiger partial charge in [0.1, 0.15) is 11.5 Å². The van der Waals surface area contributed by atoms with Crippen molar-refractivity contribution in [3.63, 3.8) is 0 Å². The molecule has 0 aromatic heterocycles. The van der Waals surface area contributed by atoms with Crippen LogP contribution in [0.1, 0.15) is 15.9 Å². The van der Waals surface area contributed by atoms with Gasteiger partial charge in [0.05, 0.1) is 5.56 Å². The Hall–Kier alpha value is -2.69. The number of nitrogens with one attached hydrogen (secondary N) is 1. The van der Waals surface area contributed by atoms with Crippen molar-refractivity contribution in [2.75, 3.05) is 12.3 Å². The summed E-state index contributed by atoms with van der Waals surface area (Å²) in [6, 6.07) is 11.2. The van der Waals surface area contributed by atoms with Crippen LogP contribution in [-0.2, 0) is 6.42 Å². The normalized spacial score (nSPS) is 10.2. The van der Waals surface area contributed by atoms with Crippen LogP contribution in [0, 0.1) is 0 Å². The fourth-order valence-electron chi connectivity index (χ4n) is 1.81. The van der Waals surface area contributed by atoms with E-state index in [4.69, 9.17) is 5.73 Å². The zero-order valence-electron chi connectivity index (χ0n) is 10.8. The van der Waals surface area contributed by atoms with Crippen molar-refractivity contribution >= 4 is 11.6 Å². The quantitative estimate of drug-likeness (QED) is 0.502. The van der Waals surface area contributed by atoms with Crippen LogP contribution in [0.3, 0.4) is 0 Å². The number of carbonyl (C=O) groups is 1. The van der Waals surface area contributed by atoms with E-state index in [-0.39, 0.29) is 17.1 Å². The average Bonchev–Trinajstić information content (AvgIpc) is 2.43. The van der Waals surface area contributed by atoms with E-state index in [0.717, 1.165) is 5.56 Å². The Morgan fingerprint density at radius 1 is 1.10 bits per heavy atom. The predicted octanol–water partition coefficient (Wildman–Crippen LogP) is 1.65. The average molecular weight is 272 g/mol. The maximum absolute atomic E-state index is 11.9. The summed E-state index contributed by atoms with van der Waals surface area (Å²) in [6.45, 7) is 0.428. The van der Waals surface area contributed by atoms with E-state index in [1.807, 2.05) is 12.1 Å². The molecule has 0 spiro atoms. The molecule has 0 radical (unpaired) electrons. The minimum absolute atomic E-state index is 0.0577. The van der Waals surface area contributed by atoms with E-state index in [9.17, 15) is 15.0 Å². The number of benzene rings is 2. The molecular formula is C15H16N2O3. The molecule has 0 aliphatic carbocycles. The van der Waals surface area contributed by atoms with Crippen molar-refractivity contribution < 1.29 is 15.0 Å². The molecular weight excluding hydrogens is 256 g/mol. The lowest BCUT2D eigenvalue weighted by molar-refractivity contribution is 0.0951. The minimum Gasteiger partial charge on any atom is -0.508 e. The third-order valence-electron chi connectivity index (χ3n) is 2.90. The first-order valence-electron chi connectivity index (χ1n) is 6.21. The van der Waals surface area contributed by atoms with Gasteiger partial charge in [0.25, 0.3) is 5.91 Å². The maximum atomic E-state index is 11.9. The molecule has 104 valence electrons. The third kappa shape index (κ3) is 3.41. The van der Waals surface area contributed by atoms with Gasteiger partial charge in [-0.05, 0) is 42.3 Å². The first kappa shape index (κ1) is 13.7. The lowest BCUT2D eigenvalue weighted by atomic mass is 10.1. The summed E-state index contributed by atoms with van der Waals surface area (Å²) < 4.78 is 0. The molecule has 0 aliphatic heterocycles. The van der Waals surface area contributed by atoms with Crippen LogP contribution in [0.25, 0.3) is 0 Å². The van der Waals surface area contributed by atoms with Crippen LogP contribution in [0.2, 0.25) is 0 Å². The summed E-state index contributed by atoms with van der Waals surface area (Å²) in [5.41, 5.74) is 7.40. The van der Waals surface area contributed by atoms with Crippen molar-refractivity contribution in [1.29, 1.82) is 0 Å². The highest BCUT2D eigenvalue weighted by Crippen LogP contribution is 2.21. The van der Waals surface area contributed by atoms with Crippen molar-refractivity contribution in [2.45, 2.75) is 6.42 Å². The first-order chi connectivity index (χ1) is 9.56. The van der Waals surface area contributed by atoms with E-state index in [1.165, 1.54) is 18.2 Å². The molecule has 2 aromatic rings. The Morgan fingerprint density at radius 2 is 1.80 bits per heavy atom. The summed E-state index contributed by atoms with van der Waals surface area (Å²) in [4.78, 5) is 11.9. The highest BCUT2D eigenvalue weighted by molar-refractivity contribution is 5.97. The van der Waals surface area contributed by atoms with Crippen LogP contribution in [0.15, 0.2) is 42.5 Å². The van der Waals surface area contributed by atoms with Crippen molar-refractivity contribution in [3.8, 4) is 11.5 Å². The minimum atomic E-state index is -0.422. The Labute approximate surface area is 116 Å². The fourth-order valence-corrected chi connectivity index (χ4v) is 1.81. The Balaban J connectivity index is 1.92. The van der Waals surface area contributed by atoms with E-state index in [1.54, 1.807) is 12.1 Å². The van der Waals surface area contributed by atoms with Crippen molar-refractivity contribution in [2.24, 2.45) is 0 Å². The number of aromatic hydroxyl groups is 2. The van der Waals surface area contributed by atoms with Gasteiger partial charge >= 0.3 is 0 Å². The highest BCUT2D eigenvalue weighted by Gasteiger charge is 2.11. The van der Waals surface area contributed by atoms with E-state index in [2.05, 4.69) is 5.32 Å². The molecule has 1 amide bonds. The van der Waals surface area contributed by atoms with Gasteiger partial charge in [-0.25, -0.2) is 0 Å². The summed E-state index contributed by atoms with van der Waals surface area (Å²) in [5, 5.41) is 21.6. The molecule has 2 aromatic carbocycles. The molecule has 5 heteroatoms. The second-order valence-electron chi connectivity index (χ2n) is 4.45. The van der Waals surface area contributed by atoms with Crippen molar-refractivity contribution in [1.82, 2.24) is 5.32 Å². The number of amides is 1. The van der Waals surface area contributed by atoms with Gasteiger partial charge in [0.2, 0.25) is 0 Å². The number of carbonyl (C=O) groups excluding carboxylic acids is 1. The summed E-state index contributed by atoms with van der Waals surface area (Å²) in [7, 11) is 0. The molecule has 5 N–H and O–H groups in total. The van der Waals surface area contributed by atoms with Gasteiger partial charge in [0, 0.05) is 12.2 Å². The van der Waals surface area contributed by atoms with Gasteiger partial charge in [-0.15, -0.1) is 0 Å². The molecule has 0 atom stereocenters. The number of hydrogen-bond acceptors (Lipinski definition) is 4. The summed E-state index contributed by atoms with van der Waals surface area (Å²) in [6.07, 6.45) is 0.658. The number of rotatable bonds is 4. The number of phenolic OH excluding ortho intramolecular Hbond substituents is 2. The topological polar surface area (TPSA) is 95.6 Å². The monoisotopic (exact) mass is 272 g/mol. The van der Waals surface area contributed by atoms with Gasteiger partial charge in [-0.1, -0.05) is 12.1 Å². The number of anilines is 1. The number of nitrogen functional groups attached to an aromatic ring is 1. The maximum Gasteiger partial charge on any atom is 0.255 e. The molecule has 0 bridgehead atoms. The molecule has 0 heterocycles.